The van der Waals surface area contributed by atoms with E-state index in [1.165, 1.54) is 0 Å². The van der Waals surface area contributed by atoms with Gasteiger partial charge in [-0.25, -0.2) is 4.79 Å². The third kappa shape index (κ3) is 5.75. The van der Waals surface area contributed by atoms with Crippen molar-refractivity contribution in [3.63, 3.8) is 0 Å². The van der Waals surface area contributed by atoms with Crippen molar-refractivity contribution in [1.29, 1.82) is 0 Å². The molecule has 2 N–H and O–H groups in total. The second-order valence-electron chi connectivity index (χ2n) is 6.45. The summed E-state index contributed by atoms with van der Waals surface area (Å²) in [5.41, 5.74) is 1.95. The molecule has 0 bridgehead atoms. The summed E-state index contributed by atoms with van der Waals surface area (Å²) in [7, 11) is 0. The predicted octanol–water partition coefficient (Wildman–Crippen LogP) is 3.80. The highest BCUT2D eigenvalue weighted by Crippen LogP contribution is 2.14. The molecular formula is C19H24N2O2. The van der Waals surface area contributed by atoms with Crippen molar-refractivity contribution in [2.45, 2.75) is 32.9 Å². The number of nitrogens with zero attached hydrogens (tertiary/aromatic N) is 1. The Hall–Kier alpha value is -2.33. The summed E-state index contributed by atoms with van der Waals surface area (Å²) >= 11 is 0. The SMILES string of the molecule is Cc1ccc(NC(=O)N(Cc2ccccc2)CC(C)(C)O)cc1. The lowest BCUT2D eigenvalue weighted by molar-refractivity contribution is 0.0469. The lowest BCUT2D eigenvalue weighted by Crippen LogP contribution is -2.43. The Bertz CT molecular complexity index is 631. The van der Waals surface area contributed by atoms with E-state index >= 15 is 0 Å². The zero-order chi connectivity index (χ0) is 16.9. The molecule has 0 radical (unpaired) electrons. The number of carbonyl (C=O) groups excluding carboxylic acids is 1. The molecule has 2 amide bonds. The maximum atomic E-state index is 12.6. The molecule has 4 heteroatoms. The fourth-order valence-electron chi connectivity index (χ4n) is 2.31. The van der Waals surface area contributed by atoms with Crippen molar-refractivity contribution in [1.82, 2.24) is 4.90 Å². The third-order valence-electron chi connectivity index (χ3n) is 3.38. The number of rotatable bonds is 5. The van der Waals surface area contributed by atoms with E-state index in [2.05, 4.69) is 5.32 Å². The molecule has 23 heavy (non-hydrogen) atoms. The molecule has 0 saturated heterocycles. The quantitative estimate of drug-likeness (QED) is 0.882. The number of amides is 2. The van der Waals surface area contributed by atoms with Gasteiger partial charge in [0, 0.05) is 12.2 Å². The Kier molecular flexibility index (Phi) is 5.40. The Morgan fingerprint density at radius 3 is 2.26 bits per heavy atom. The van der Waals surface area contributed by atoms with Gasteiger partial charge >= 0.3 is 6.03 Å². The summed E-state index contributed by atoms with van der Waals surface area (Å²) in [4.78, 5) is 14.2. The summed E-state index contributed by atoms with van der Waals surface area (Å²) in [5, 5.41) is 13.0. The van der Waals surface area contributed by atoms with E-state index in [4.69, 9.17) is 0 Å². The van der Waals surface area contributed by atoms with Crippen molar-refractivity contribution in [2.75, 3.05) is 11.9 Å². The van der Waals surface area contributed by atoms with Gasteiger partial charge in [0.05, 0.1) is 12.1 Å². The molecule has 2 aromatic carbocycles. The summed E-state index contributed by atoms with van der Waals surface area (Å²) in [6.45, 7) is 6.10. The normalized spacial score (nSPS) is 11.1. The topological polar surface area (TPSA) is 52.6 Å². The van der Waals surface area contributed by atoms with Gasteiger partial charge in [-0.1, -0.05) is 48.0 Å². The van der Waals surface area contributed by atoms with Crippen LogP contribution in [0.5, 0.6) is 0 Å². The average molecular weight is 312 g/mol. The largest absolute Gasteiger partial charge is 0.389 e. The molecular weight excluding hydrogens is 288 g/mol. The van der Waals surface area contributed by atoms with Crippen molar-refractivity contribution >= 4 is 11.7 Å². The lowest BCUT2D eigenvalue weighted by Gasteiger charge is -2.29. The van der Waals surface area contributed by atoms with Gasteiger partial charge < -0.3 is 15.3 Å². The number of aryl methyl sites for hydroxylation is 1. The molecule has 2 aromatic rings. The first-order valence-corrected chi connectivity index (χ1v) is 7.72. The van der Waals surface area contributed by atoms with E-state index in [1.54, 1.807) is 18.7 Å². The van der Waals surface area contributed by atoms with Crippen LogP contribution in [0.3, 0.4) is 0 Å². The Morgan fingerprint density at radius 2 is 1.70 bits per heavy atom. The van der Waals surface area contributed by atoms with Gasteiger partial charge in [0.25, 0.3) is 0 Å². The molecule has 0 aliphatic carbocycles. The minimum atomic E-state index is -0.959. The van der Waals surface area contributed by atoms with Crippen LogP contribution in [-0.4, -0.2) is 28.2 Å². The maximum absolute atomic E-state index is 12.6. The van der Waals surface area contributed by atoms with E-state index in [9.17, 15) is 9.90 Å². The van der Waals surface area contributed by atoms with Crippen molar-refractivity contribution in [2.24, 2.45) is 0 Å². The lowest BCUT2D eigenvalue weighted by atomic mass is 10.1. The first-order valence-electron chi connectivity index (χ1n) is 7.72. The number of nitrogens with one attached hydrogen (secondary N) is 1. The Balaban J connectivity index is 2.11. The van der Waals surface area contributed by atoms with Crippen LogP contribution in [-0.2, 0) is 6.54 Å². The van der Waals surface area contributed by atoms with Crippen LogP contribution in [0.1, 0.15) is 25.0 Å². The zero-order valence-electron chi connectivity index (χ0n) is 13.9. The second kappa shape index (κ2) is 7.29. The average Bonchev–Trinajstić information content (AvgIpc) is 2.48. The fraction of sp³-hybridized carbons (Fsp3) is 0.316. The van der Waals surface area contributed by atoms with Crippen LogP contribution >= 0.6 is 0 Å². The minimum absolute atomic E-state index is 0.222. The molecule has 0 heterocycles. The van der Waals surface area contributed by atoms with Gasteiger partial charge in [0.1, 0.15) is 0 Å². The molecule has 0 aromatic heterocycles. The monoisotopic (exact) mass is 312 g/mol. The summed E-state index contributed by atoms with van der Waals surface area (Å²) in [5.74, 6) is 0. The highest BCUT2D eigenvalue weighted by molar-refractivity contribution is 5.89. The van der Waals surface area contributed by atoms with Gasteiger partial charge in [-0.2, -0.15) is 0 Å². The number of urea groups is 1. The van der Waals surface area contributed by atoms with Crippen molar-refractivity contribution in [3.8, 4) is 0 Å². The van der Waals surface area contributed by atoms with Gasteiger partial charge in [-0.05, 0) is 38.5 Å². The Labute approximate surface area is 137 Å². The number of carbonyl (C=O) groups is 1. The molecule has 0 aliphatic heterocycles. The molecule has 0 spiro atoms. The molecule has 0 fully saturated rings. The van der Waals surface area contributed by atoms with Crippen LogP contribution in [0.2, 0.25) is 0 Å². The van der Waals surface area contributed by atoms with Crippen LogP contribution in [0.25, 0.3) is 0 Å². The second-order valence-corrected chi connectivity index (χ2v) is 6.45. The highest BCUT2D eigenvalue weighted by atomic mass is 16.3. The zero-order valence-corrected chi connectivity index (χ0v) is 13.9. The van der Waals surface area contributed by atoms with Gasteiger partial charge in [0.2, 0.25) is 0 Å². The van der Waals surface area contributed by atoms with Gasteiger partial charge in [-0.3, -0.25) is 0 Å². The van der Waals surface area contributed by atoms with Gasteiger partial charge in [0.15, 0.2) is 0 Å². The number of anilines is 1. The molecule has 122 valence electrons. The highest BCUT2D eigenvalue weighted by Gasteiger charge is 2.22. The van der Waals surface area contributed by atoms with Crippen LogP contribution in [0.4, 0.5) is 10.5 Å². The van der Waals surface area contributed by atoms with Crippen molar-refractivity contribution < 1.29 is 9.90 Å². The maximum Gasteiger partial charge on any atom is 0.322 e. The number of aliphatic hydroxyl groups is 1. The fourth-order valence-corrected chi connectivity index (χ4v) is 2.31. The van der Waals surface area contributed by atoms with E-state index in [1.807, 2.05) is 61.5 Å². The van der Waals surface area contributed by atoms with Crippen LogP contribution in [0, 0.1) is 6.92 Å². The molecule has 0 aliphatic rings. The molecule has 0 saturated carbocycles. The van der Waals surface area contributed by atoms with E-state index in [-0.39, 0.29) is 12.6 Å². The molecule has 0 unspecified atom stereocenters. The first-order chi connectivity index (χ1) is 10.8. The Morgan fingerprint density at radius 1 is 1.09 bits per heavy atom. The van der Waals surface area contributed by atoms with E-state index in [0.717, 1.165) is 16.8 Å². The van der Waals surface area contributed by atoms with Crippen LogP contribution < -0.4 is 5.32 Å². The number of hydrogen-bond donors (Lipinski definition) is 2. The van der Waals surface area contributed by atoms with Crippen LogP contribution in [0.15, 0.2) is 54.6 Å². The number of hydrogen-bond acceptors (Lipinski definition) is 2. The molecule has 4 nitrogen and oxygen atoms in total. The standard InChI is InChI=1S/C19H24N2O2/c1-15-9-11-17(12-10-15)20-18(22)21(14-19(2,3)23)13-16-7-5-4-6-8-16/h4-12,23H,13-14H2,1-3H3,(H,20,22). The summed E-state index contributed by atoms with van der Waals surface area (Å²) < 4.78 is 0. The third-order valence-corrected chi connectivity index (χ3v) is 3.38. The smallest absolute Gasteiger partial charge is 0.322 e. The first kappa shape index (κ1) is 17.0. The summed E-state index contributed by atoms with van der Waals surface area (Å²) in [6, 6.07) is 17.2. The predicted molar refractivity (Wildman–Crippen MR) is 93.3 cm³/mol. The molecule has 2 rings (SSSR count). The minimum Gasteiger partial charge on any atom is -0.389 e. The molecule has 0 atom stereocenters. The van der Waals surface area contributed by atoms with Crippen molar-refractivity contribution in [3.05, 3.63) is 65.7 Å². The summed E-state index contributed by atoms with van der Waals surface area (Å²) in [6.07, 6.45) is 0. The number of benzene rings is 2. The van der Waals surface area contributed by atoms with E-state index < -0.39 is 5.60 Å². The van der Waals surface area contributed by atoms with Gasteiger partial charge in [-0.15, -0.1) is 0 Å². The van der Waals surface area contributed by atoms with E-state index in [0.29, 0.717) is 6.54 Å².